The predicted molar refractivity (Wildman–Crippen MR) is 108 cm³/mol. The first-order valence-electron chi connectivity index (χ1n) is 9.39. The smallest absolute Gasteiger partial charge is 0.237 e. The van der Waals surface area contributed by atoms with E-state index in [9.17, 15) is 18.4 Å². The third-order valence-electron chi connectivity index (χ3n) is 5.07. The van der Waals surface area contributed by atoms with Gasteiger partial charge in [0.15, 0.2) is 11.6 Å². The fourth-order valence-electron chi connectivity index (χ4n) is 3.54. The molecule has 5 nitrogen and oxygen atoms in total. The van der Waals surface area contributed by atoms with Crippen LogP contribution in [0.15, 0.2) is 23.1 Å². The maximum absolute atomic E-state index is 13.2. The summed E-state index contributed by atoms with van der Waals surface area (Å²) in [6.45, 7) is 2.79. The normalized spacial score (nSPS) is 21.9. The van der Waals surface area contributed by atoms with Crippen molar-refractivity contribution in [2.75, 3.05) is 31.9 Å². The molecule has 0 aliphatic carbocycles. The van der Waals surface area contributed by atoms with E-state index in [1.165, 1.54) is 17.8 Å². The van der Waals surface area contributed by atoms with Gasteiger partial charge < -0.3 is 15.5 Å². The van der Waals surface area contributed by atoms with Gasteiger partial charge in [0, 0.05) is 24.5 Å². The summed E-state index contributed by atoms with van der Waals surface area (Å²) < 4.78 is 26.2. The molecule has 3 rings (SSSR count). The van der Waals surface area contributed by atoms with Crippen LogP contribution in [0, 0.1) is 17.6 Å². The van der Waals surface area contributed by atoms with Crippen molar-refractivity contribution < 1.29 is 18.4 Å². The molecule has 2 N–H and O–H groups in total. The van der Waals surface area contributed by atoms with Crippen LogP contribution in [0.2, 0.25) is 0 Å². The Kier molecular flexibility index (Phi) is 8.98. The molecule has 0 radical (unpaired) electrons. The van der Waals surface area contributed by atoms with E-state index in [0.717, 1.165) is 44.4 Å². The minimum Gasteiger partial charge on any atom is -0.354 e. The Morgan fingerprint density at radius 3 is 2.75 bits per heavy atom. The maximum Gasteiger partial charge on any atom is 0.237 e. The molecule has 2 saturated heterocycles. The Bertz CT molecular complexity index is 689. The fraction of sp³-hybridized carbons (Fsp3) is 0.579. The van der Waals surface area contributed by atoms with Gasteiger partial charge in [-0.15, -0.1) is 24.2 Å². The Labute approximate surface area is 174 Å². The Morgan fingerprint density at radius 2 is 2.04 bits per heavy atom. The number of carbonyl (C=O) groups is 2. The monoisotopic (exact) mass is 433 g/mol. The molecule has 2 atom stereocenters. The van der Waals surface area contributed by atoms with Crippen LogP contribution < -0.4 is 10.6 Å². The van der Waals surface area contributed by atoms with Crippen LogP contribution in [0.1, 0.15) is 25.7 Å². The molecule has 2 aliphatic heterocycles. The van der Waals surface area contributed by atoms with E-state index in [4.69, 9.17) is 0 Å². The number of hydrogen-bond acceptors (Lipinski definition) is 4. The molecule has 1 aromatic rings. The van der Waals surface area contributed by atoms with Crippen molar-refractivity contribution in [3.05, 3.63) is 29.8 Å². The second-order valence-electron chi connectivity index (χ2n) is 7.11. The zero-order valence-corrected chi connectivity index (χ0v) is 17.2. The summed E-state index contributed by atoms with van der Waals surface area (Å²) in [5, 5.41) is 6.18. The van der Waals surface area contributed by atoms with Gasteiger partial charge in [-0.1, -0.05) is 0 Å². The summed E-state index contributed by atoms with van der Waals surface area (Å²) in [5.74, 6) is -1.32. The van der Waals surface area contributed by atoms with Crippen molar-refractivity contribution in [2.24, 2.45) is 5.92 Å². The summed E-state index contributed by atoms with van der Waals surface area (Å²) >= 11 is 1.21. The van der Waals surface area contributed by atoms with Crippen LogP contribution >= 0.6 is 24.2 Å². The quantitative estimate of drug-likeness (QED) is 0.677. The molecule has 0 saturated carbocycles. The lowest BCUT2D eigenvalue weighted by molar-refractivity contribution is -0.130. The summed E-state index contributed by atoms with van der Waals surface area (Å²) in [6, 6.07) is 3.57. The largest absolute Gasteiger partial charge is 0.354 e. The molecule has 2 fully saturated rings. The minimum absolute atomic E-state index is 0. The molecule has 0 spiro atoms. The molecular weight excluding hydrogens is 408 g/mol. The molecule has 156 valence electrons. The number of thioether (sulfide) groups is 1. The zero-order chi connectivity index (χ0) is 19.2. The van der Waals surface area contributed by atoms with E-state index in [2.05, 4.69) is 10.6 Å². The Hall–Kier alpha value is -1.38. The molecule has 2 amide bonds. The molecule has 0 aromatic heterocycles. The Balaban J connectivity index is 0.00000280. The van der Waals surface area contributed by atoms with Gasteiger partial charge in [-0.3, -0.25) is 9.59 Å². The van der Waals surface area contributed by atoms with Crippen LogP contribution in [-0.4, -0.2) is 54.7 Å². The highest BCUT2D eigenvalue weighted by Gasteiger charge is 2.26. The molecule has 2 heterocycles. The number of nitrogens with zero attached hydrogens (tertiary/aromatic N) is 1. The first kappa shape index (κ1) is 22.9. The molecular formula is C19H26ClF2N3O2S. The summed E-state index contributed by atoms with van der Waals surface area (Å²) in [5.41, 5.74) is 0. The lowest BCUT2D eigenvalue weighted by Gasteiger charge is -2.33. The summed E-state index contributed by atoms with van der Waals surface area (Å²) in [7, 11) is 0. The number of nitrogens with one attached hydrogen (secondary N) is 2. The van der Waals surface area contributed by atoms with Crippen molar-refractivity contribution in [1.82, 2.24) is 15.5 Å². The average molecular weight is 434 g/mol. The highest BCUT2D eigenvalue weighted by molar-refractivity contribution is 8.00. The highest BCUT2D eigenvalue weighted by atomic mass is 35.5. The summed E-state index contributed by atoms with van der Waals surface area (Å²) in [6.07, 6.45) is 3.80. The number of carbonyl (C=O) groups excluding carboxylic acids is 2. The number of rotatable bonds is 6. The van der Waals surface area contributed by atoms with E-state index in [1.54, 1.807) is 4.90 Å². The van der Waals surface area contributed by atoms with Crippen molar-refractivity contribution in [2.45, 2.75) is 36.6 Å². The Morgan fingerprint density at radius 1 is 1.21 bits per heavy atom. The molecule has 0 bridgehead atoms. The third-order valence-corrected chi connectivity index (χ3v) is 6.05. The van der Waals surface area contributed by atoms with Gasteiger partial charge in [0.25, 0.3) is 0 Å². The van der Waals surface area contributed by atoms with Crippen LogP contribution in [0.3, 0.4) is 0 Å². The topological polar surface area (TPSA) is 61.4 Å². The molecule has 28 heavy (non-hydrogen) atoms. The molecule has 1 aromatic carbocycles. The average Bonchev–Trinajstić information content (AvgIpc) is 3.22. The van der Waals surface area contributed by atoms with Gasteiger partial charge in [0.2, 0.25) is 11.8 Å². The zero-order valence-electron chi connectivity index (χ0n) is 15.6. The van der Waals surface area contributed by atoms with Gasteiger partial charge in [-0.2, -0.15) is 0 Å². The first-order chi connectivity index (χ1) is 13.0. The molecule has 2 aliphatic rings. The van der Waals surface area contributed by atoms with Gasteiger partial charge >= 0.3 is 0 Å². The van der Waals surface area contributed by atoms with E-state index in [-0.39, 0.29) is 41.9 Å². The number of likely N-dealkylation sites (tertiary alicyclic amines) is 1. The van der Waals surface area contributed by atoms with Crippen molar-refractivity contribution in [1.29, 1.82) is 0 Å². The molecule has 2 unspecified atom stereocenters. The van der Waals surface area contributed by atoms with Crippen molar-refractivity contribution >= 4 is 36.0 Å². The highest BCUT2D eigenvalue weighted by Crippen LogP contribution is 2.22. The maximum atomic E-state index is 13.2. The summed E-state index contributed by atoms with van der Waals surface area (Å²) in [4.78, 5) is 26.9. The van der Waals surface area contributed by atoms with Crippen LogP contribution in [0.25, 0.3) is 0 Å². The predicted octanol–water partition coefficient (Wildman–Crippen LogP) is 2.59. The van der Waals surface area contributed by atoms with Gasteiger partial charge in [0.05, 0.1) is 11.8 Å². The van der Waals surface area contributed by atoms with Gasteiger partial charge in [-0.25, -0.2) is 8.78 Å². The standard InChI is InChI=1S/C19H25F2N3O2S.ClH/c20-15-6-5-14(9-16(15)21)27-12-18(25)24-8-2-3-13(11-24)10-23-19(26)17-4-1-7-22-17;/h5-6,9,13,17,22H,1-4,7-8,10-12H2,(H,23,26);1H. The number of benzene rings is 1. The lowest BCUT2D eigenvalue weighted by Crippen LogP contribution is -2.47. The van der Waals surface area contributed by atoms with Gasteiger partial charge in [0.1, 0.15) is 0 Å². The van der Waals surface area contributed by atoms with Crippen LogP contribution in [0.4, 0.5) is 8.78 Å². The molecule has 9 heteroatoms. The number of halogens is 3. The minimum atomic E-state index is -0.905. The number of hydrogen-bond donors (Lipinski definition) is 2. The van der Waals surface area contributed by atoms with Gasteiger partial charge in [-0.05, 0) is 56.3 Å². The SMILES string of the molecule is Cl.O=C(NCC1CCCN(C(=O)CSc2ccc(F)c(F)c2)C1)C1CCCN1. The number of piperidine rings is 1. The van der Waals surface area contributed by atoms with Crippen LogP contribution in [-0.2, 0) is 9.59 Å². The number of amides is 2. The van der Waals surface area contributed by atoms with Crippen LogP contribution in [0.5, 0.6) is 0 Å². The van der Waals surface area contributed by atoms with E-state index in [0.29, 0.717) is 24.5 Å². The van der Waals surface area contributed by atoms with E-state index in [1.807, 2.05) is 0 Å². The first-order valence-corrected chi connectivity index (χ1v) is 10.4. The third kappa shape index (κ3) is 6.32. The van der Waals surface area contributed by atoms with E-state index >= 15 is 0 Å². The lowest BCUT2D eigenvalue weighted by atomic mass is 9.98. The fourth-order valence-corrected chi connectivity index (χ4v) is 4.36. The van der Waals surface area contributed by atoms with Crippen molar-refractivity contribution in [3.8, 4) is 0 Å². The second kappa shape index (κ2) is 11.0. The van der Waals surface area contributed by atoms with E-state index < -0.39 is 11.6 Å². The second-order valence-corrected chi connectivity index (χ2v) is 8.16. The van der Waals surface area contributed by atoms with Crippen molar-refractivity contribution in [3.63, 3.8) is 0 Å².